The Bertz CT molecular complexity index is 763. The van der Waals surface area contributed by atoms with Crippen LogP contribution in [0.5, 0.6) is 17.4 Å². The van der Waals surface area contributed by atoms with Crippen molar-refractivity contribution >= 4 is 6.02 Å². The van der Waals surface area contributed by atoms with E-state index >= 15 is 0 Å². The van der Waals surface area contributed by atoms with Crippen LogP contribution in [0.1, 0.15) is 23.6 Å². The van der Waals surface area contributed by atoms with E-state index in [4.69, 9.17) is 19.9 Å². The van der Waals surface area contributed by atoms with Gasteiger partial charge in [-0.05, 0) is 30.2 Å². The summed E-state index contributed by atoms with van der Waals surface area (Å²) in [5.41, 5.74) is 8.04. The Morgan fingerprint density at radius 2 is 2.17 bits per heavy atom. The highest BCUT2D eigenvalue weighted by molar-refractivity contribution is 5.76. The van der Waals surface area contributed by atoms with Crippen molar-refractivity contribution in [3.05, 3.63) is 47.2 Å². The van der Waals surface area contributed by atoms with E-state index in [-0.39, 0.29) is 6.02 Å². The topological polar surface area (TPSA) is 79.0 Å². The van der Waals surface area contributed by atoms with Crippen molar-refractivity contribution in [3.63, 3.8) is 0 Å². The number of rotatable bonds is 2. The third kappa shape index (κ3) is 1.94. The number of nitrogens with zero attached hydrogens (tertiary/aromatic N) is 2. The maximum atomic E-state index is 5.97. The van der Waals surface area contributed by atoms with Crippen LogP contribution in [0.3, 0.4) is 0 Å². The standard InChI is InChI=1S/C17H17N3O3/c1-3-10-4-5-14-12(6-10)17(9-22-16(18)20-17)13-7-11(21-2)8-19-15(13)23-14/h4-8H,3,9H2,1-2H3,(H2,18,20). The Hall–Kier alpha value is -2.76. The van der Waals surface area contributed by atoms with Crippen molar-refractivity contribution in [2.45, 2.75) is 18.9 Å². The van der Waals surface area contributed by atoms with Crippen LogP contribution in [0.15, 0.2) is 35.5 Å². The highest BCUT2D eigenvalue weighted by Gasteiger charge is 2.47. The second-order valence-corrected chi connectivity index (χ2v) is 5.61. The van der Waals surface area contributed by atoms with E-state index in [2.05, 4.69) is 23.0 Å². The molecule has 6 heteroatoms. The monoisotopic (exact) mass is 311 g/mol. The van der Waals surface area contributed by atoms with E-state index in [0.29, 0.717) is 18.2 Å². The van der Waals surface area contributed by atoms with Gasteiger partial charge in [0, 0.05) is 5.56 Å². The Balaban J connectivity index is 1.99. The second kappa shape index (κ2) is 4.87. The van der Waals surface area contributed by atoms with Gasteiger partial charge in [-0.15, -0.1) is 0 Å². The third-order valence-corrected chi connectivity index (χ3v) is 4.34. The summed E-state index contributed by atoms with van der Waals surface area (Å²) in [5, 5.41) is 0. The lowest BCUT2D eigenvalue weighted by Crippen LogP contribution is -2.31. The van der Waals surface area contributed by atoms with Crippen LogP contribution in [0.25, 0.3) is 0 Å². The minimum atomic E-state index is -0.736. The predicted molar refractivity (Wildman–Crippen MR) is 85.0 cm³/mol. The summed E-state index contributed by atoms with van der Waals surface area (Å²) in [6.45, 7) is 2.43. The van der Waals surface area contributed by atoms with Crippen LogP contribution in [0.2, 0.25) is 0 Å². The summed E-state index contributed by atoms with van der Waals surface area (Å²) in [6, 6.07) is 8.16. The number of aliphatic imine (C=N–C) groups is 1. The maximum absolute atomic E-state index is 5.97. The fourth-order valence-corrected chi connectivity index (χ4v) is 3.09. The Kier molecular flexibility index (Phi) is 2.94. The largest absolute Gasteiger partial charge is 0.495 e. The fourth-order valence-electron chi connectivity index (χ4n) is 3.09. The number of hydrogen-bond donors (Lipinski definition) is 1. The average molecular weight is 311 g/mol. The molecule has 2 aliphatic rings. The van der Waals surface area contributed by atoms with Gasteiger partial charge in [-0.2, -0.15) is 0 Å². The minimum absolute atomic E-state index is 0.175. The zero-order valence-corrected chi connectivity index (χ0v) is 13.0. The second-order valence-electron chi connectivity index (χ2n) is 5.61. The van der Waals surface area contributed by atoms with Gasteiger partial charge in [0.25, 0.3) is 6.02 Å². The molecule has 4 rings (SSSR count). The van der Waals surface area contributed by atoms with Crippen molar-refractivity contribution in [1.29, 1.82) is 0 Å². The van der Waals surface area contributed by atoms with Crippen molar-refractivity contribution in [1.82, 2.24) is 4.98 Å². The number of methoxy groups -OCH3 is 1. The maximum Gasteiger partial charge on any atom is 0.283 e. The molecule has 2 N–H and O–H groups in total. The van der Waals surface area contributed by atoms with Gasteiger partial charge in [0.2, 0.25) is 5.88 Å². The highest BCUT2D eigenvalue weighted by Crippen LogP contribution is 2.50. The van der Waals surface area contributed by atoms with Crippen molar-refractivity contribution in [2.24, 2.45) is 10.7 Å². The molecule has 0 radical (unpaired) electrons. The van der Waals surface area contributed by atoms with E-state index < -0.39 is 5.54 Å². The van der Waals surface area contributed by atoms with Gasteiger partial charge in [-0.3, -0.25) is 0 Å². The zero-order chi connectivity index (χ0) is 16.0. The molecule has 23 heavy (non-hydrogen) atoms. The molecule has 2 aromatic rings. The van der Waals surface area contributed by atoms with E-state index in [1.165, 1.54) is 5.56 Å². The first-order valence-corrected chi connectivity index (χ1v) is 7.50. The smallest absolute Gasteiger partial charge is 0.283 e. The molecule has 0 fully saturated rings. The molecule has 1 spiro atoms. The lowest BCUT2D eigenvalue weighted by molar-refractivity contribution is 0.261. The molecule has 1 aromatic heterocycles. The third-order valence-electron chi connectivity index (χ3n) is 4.34. The summed E-state index contributed by atoms with van der Waals surface area (Å²) in [4.78, 5) is 8.97. The average Bonchev–Trinajstić information content (AvgIpc) is 2.97. The zero-order valence-electron chi connectivity index (χ0n) is 13.0. The molecule has 3 heterocycles. The molecular formula is C17H17N3O3. The normalized spacial score (nSPS) is 21.0. The summed E-state index contributed by atoms with van der Waals surface area (Å²) in [6.07, 6.45) is 2.55. The molecule has 0 saturated heterocycles. The van der Waals surface area contributed by atoms with Crippen LogP contribution in [-0.2, 0) is 16.7 Å². The van der Waals surface area contributed by atoms with Crippen molar-refractivity contribution < 1.29 is 14.2 Å². The van der Waals surface area contributed by atoms with Crippen molar-refractivity contribution in [2.75, 3.05) is 13.7 Å². The number of aromatic nitrogens is 1. The van der Waals surface area contributed by atoms with Crippen LogP contribution in [0, 0.1) is 0 Å². The van der Waals surface area contributed by atoms with E-state index in [0.717, 1.165) is 23.3 Å². The molecule has 118 valence electrons. The molecule has 0 bridgehead atoms. The van der Waals surface area contributed by atoms with Crippen LogP contribution < -0.4 is 15.2 Å². The molecule has 1 atom stereocenters. The first-order valence-electron chi connectivity index (χ1n) is 7.50. The molecule has 2 aliphatic heterocycles. The summed E-state index contributed by atoms with van der Waals surface area (Å²) in [5.74, 6) is 1.88. The van der Waals surface area contributed by atoms with Gasteiger partial charge in [0.05, 0.1) is 18.9 Å². The number of benzene rings is 1. The number of nitrogens with two attached hydrogens (primary N) is 1. The van der Waals surface area contributed by atoms with Crippen LogP contribution in [0.4, 0.5) is 0 Å². The fraction of sp³-hybridized carbons (Fsp3) is 0.294. The van der Waals surface area contributed by atoms with Gasteiger partial charge in [-0.25, -0.2) is 9.98 Å². The van der Waals surface area contributed by atoms with Crippen LogP contribution >= 0.6 is 0 Å². The highest BCUT2D eigenvalue weighted by atomic mass is 16.5. The minimum Gasteiger partial charge on any atom is -0.495 e. The molecule has 1 unspecified atom stereocenters. The number of aryl methyl sites for hydroxylation is 1. The Morgan fingerprint density at radius 1 is 1.30 bits per heavy atom. The first kappa shape index (κ1) is 13.9. The number of amidine groups is 1. The van der Waals surface area contributed by atoms with Crippen molar-refractivity contribution in [3.8, 4) is 17.4 Å². The molecule has 0 amide bonds. The van der Waals surface area contributed by atoms with Gasteiger partial charge >= 0.3 is 0 Å². The number of pyridine rings is 1. The Labute approximate surface area is 133 Å². The molecule has 1 aromatic carbocycles. The quantitative estimate of drug-likeness (QED) is 0.921. The van der Waals surface area contributed by atoms with Crippen LogP contribution in [-0.4, -0.2) is 24.7 Å². The molecule has 6 nitrogen and oxygen atoms in total. The van der Waals surface area contributed by atoms with E-state index in [9.17, 15) is 0 Å². The SMILES string of the molecule is CCc1ccc2c(c1)C1(COC(N)=N1)c1cc(OC)cnc1O2. The van der Waals surface area contributed by atoms with E-state index in [1.54, 1.807) is 13.3 Å². The number of hydrogen-bond acceptors (Lipinski definition) is 6. The lowest BCUT2D eigenvalue weighted by Gasteiger charge is -2.33. The van der Waals surface area contributed by atoms with Gasteiger partial charge < -0.3 is 19.9 Å². The lowest BCUT2D eigenvalue weighted by atomic mass is 9.81. The molecular weight excluding hydrogens is 294 g/mol. The predicted octanol–water partition coefficient (Wildman–Crippen LogP) is 2.35. The summed E-state index contributed by atoms with van der Waals surface area (Å²) >= 11 is 0. The molecule has 0 aliphatic carbocycles. The van der Waals surface area contributed by atoms with Gasteiger partial charge in [0.1, 0.15) is 18.1 Å². The summed E-state index contributed by atoms with van der Waals surface area (Å²) in [7, 11) is 1.60. The Morgan fingerprint density at radius 3 is 2.87 bits per heavy atom. The first-order chi connectivity index (χ1) is 11.2. The van der Waals surface area contributed by atoms with Gasteiger partial charge in [0.15, 0.2) is 5.54 Å². The number of fused-ring (bicyclic) bond motifs is 4. The summed E-state index contributed by atoms with van der Waals surface area (Å²) < 4.78 is 16.8. The van der Waals surface area contributed by atoms with Gasteiger partial charge in [-0.1, -0.05) is 13.0 Å². The molecule has 0 saturated carbocycles. The number of ether oxygens (including phenoxy) is 3. The van der Waals surface area contributed by atoms with E-state index in [1.807, 2.05) is 18.2 Å².